The number of allylic oxidation sites excluding steroid dienone is 1. The van der Waals surface area contributed by atoms with Crippen LogP contribution >= 0.6 is 0 Å². The van der Waals surface area contributed by atoms with Crippen molar-refractivity contribution < 1.29 is 22.7 Å². The molecule has 0 amide bonds. The first-order chi connectivity index (χ1) is 11.1. The SMILES string of the molecule is C=CC(C)O/C(C=O)=C(\c1ccc(S(C)(=O)=O)cc1)C(C)(C)OC. The molecule has 0 saturated carbocycles. The molecule has 0 heterocycles. The maximum atomic E-state index is 11.6. The van der Waals surface area contributed by atoms with E-state index in [1.807, 2.05) is 0 Å². The number of carbonyl (C=O) groups is 1. The Hall–Kier alpha value is -1.92. The summed E-state index contributed by atoms with van der Waals surface area (Å²) >= 11 is 0. The normalized spacial score (nSPS) is 14.5. The van der Waals surface area contributed by atoms with E-state index in [1.165, 1.54) is 19.2 Å². The van der Waals surface area contributed by atoms with Crippen LogP contribution in [0.25, 0.3) is 5.57 Å². The molecule has 0 saturated heterocycles. The third-order valence-electron chi connectivity index (χ3n) is 3.68. The molecular weight excluding hydrogens is 328 g/mol. The Balaban J connectivity index is 3.54. The van der Waals surface area contributed by atoms with E-state index < -0.39 is 15.4 Å². The van der Waals surface area contributed by atoms with Crippen molar-refractivity contribution in [2.24, 2.45) is 0 Å². The second-order valence-corrected chi connectivity index (χ2v) is 7.94. The van der Waals surface area contributed by atoms with Crippen molar-refractivity contribution in [2.75, 3.05) is 13.4 Å². The Morgan fingerprint density at radius 3 is 2.17 bits per heavy atom. The first-order valence-electron chi connectivity index (χ1n) is 7.41. The maximum absolute atomic E-state index is 11.6. The van der Waals surface area contributed by atoms with E-state index >= 15 is 0 Å². The highest BCUT2D eigenvalue weighted by atomic mass is 32.2. The minimum atomic E-state index is -3.30. The largest absolute Gasteiger partial charge is 0.483 e. The topological polar surface area (TPSA) is 69.7 Å². The van der Waals surface area contributed by atoms with Crippen LogP contribution in [0.15, 0.2) is 47.6 Å². The molecule has 24 heavy (non-hydrogen) atoms. The minimum Gasteiger partial charge on any atom is -0.483 e. The molecule has 0 spiro atoms. The smallest absolute Gasteiger partial charge is 0.185 e. The molecule has 0 N–H and O–H groups in total. The molecule has 0 radical (unpaired) electrons. The summed E-state index contributed by atoms with van der Waals surface area (Å²) in [5.41, 5.74) is 0.366. The van der Waals surface area contributed by atoms with Crippen LogP contribution in [0, 0.1) is 0 Å². The van der Waals surface area contributed by atoms with Gasteiger partial charge in [0, 0.05) is 18.9 Å². The number of benzene rings is 1. The zero-order valence-corrected chi connectivity index (χ0v) is 15.5. The van der Waals surface area contributed by atoms with Crippen molar-refractivity contribution >= 4 is 21.7 Å². The third-order valence-corrected chi connectivity index (χ3v) is 4.81. The van der Waals surface area contributed by atoms with Gasteiger partial charge < -0.3 is 9.47 Å². The highest BCUT2D eigenvalue weighted by Gasteiger charge is 2.29. The maximum Gasteiger partial charge on any atom is 0.185 e. The molecule has 0 fully saturated rings. The van der Waals surface area contributed by atoms with Crippen LogP contribution in [0.2, 0.25) is 0 Å². The van der Waals surface area contributed by atoms with Crippen molar-refractivity contribution in [3.05, 3.63) is 48.2 Å². The lowest BCUT2D eigenvalue weighted by Gasteiger charge is -2.29. The average molecular weight is 352 g/mol. The molecule has 1 atom stereocenters. The van der Waals surface area contributed by atoms with Gasteiger partial charge in [0.25, 0.3) is 0 Å². The van der Waals surface area contributed by atoms with E-state index in [1.54, 1.807) is 39.0 Å². The van der Waals surface area contributed by atoms with E-state index in [0.717, 1.165) is 6.26 Å². The molecule has 6 heteroatoms. The van der Waals surface area contributed by atoms with Crippen molar-refractivity contribution in [3.8, 4) is 0 Å². The standard InChI is InChI=1S/C18H24O5S/c1-7-13(2)23-16(12-19)17(18(3,4)22-5)14-8-10-15(11-9-14)24(6,20)21/h7-13H,1H2,2-6H3/b17-16+. The first-order valence-corrected chi connectivity index (χ1v) is 9.30. The molecular formula is C18H24O5S. The zero-order chi connectivity index (χ0) is 18.5. The van der Waals surface area contributed by atoms with Crippen molar-refractivity contribution in [3.63, 3.8) is 0 Å². The summed E-state index contributed by atoms with van der Waals surface area (Å²) < 4.78 is 34.4. The van der Waals surface area contributed by atoms with Gasteiger partial charge in [-0.3, -0.25) is 4.79 Å². The van der Waals surface area contributed by atoms with Gasteiger partial charge in [-0.25, -0.2) is 8.42 Å². The molecule has 0 aliphatic carbocycles. The second-order valence-electron chi connectivity index (χ2n) is 5.93. The highest BCUT2D eigenvalue weighted by Crippen LogP contribution is 2.33. The predicted molar refractivity (Wildman–Crippen MR) is 94.4 cm³/mol. The number of hydrogen-bond acceptors (Lipinski definition) is 5. The van der Waals surface area contributed by atoms with Crippen LogP contribution in [-0.4, -0.2) is 39.8 Å². The van der Waals surface area contributed by atoms with Crippen LogP contribution in [0.4, 0.5) is 0 Å². The van der Waals surface area contributed by atoms with Gasteiger partial charge in [0.2, 0.25) is 0 Å². The molecule has 1 unspecified atom stereocenters. The van der Waals surface area contributed by atoms with E-state index in [0.29, 0.717) is 17.4 Å². The van der Waals surface area contributed by atoms with Gasteiger partial charge in [-0.05, 0) is 38.5 Å². The lowest BCUT2D eigenvalue weighted by molar-refractivity contribution is -0.108. The lowest BCUT2D eigenvalue weighted by atomic mass is 9.90. The van der Waals surface area contributed by atoms with Gasteiger partial charge in [-0.1, -0.05) is 24.8 Å². The Morgan fingerprint density at radius 1 is 1.25 bits per heavy atom. The van der Waals surface area contributed by atoms with Crippen molar-refractivity contribution in [1.82, 2.24) is 0 Å². The molecule has 5 nitrogen and oxygen atoms in total. The molecule has 1 aromatic carbocycles. The monoisotopic (exact) mass is 352 g/mol. The fourth-order valence-electron chi connectivity index (χ4n) is 2.15. The molecule has 0 aliphatic rings. The fraction of sp³-hybridized carbons (Fsp3) is 0.389. The lowest BCUT2D eigenvalue weighted by Crippen LogP contribution is -2.27. The predicted octanol–water partition coefficient (Wildman–Crippen LogP) is 3.02. The highest BCUT2D eigenvalue weighted by molar-refractivity contribution is 7.90. The van der Waals surface area contributed by atoms with Gasteiger partial charge in [0.05, 0.1) is 10.5 Å². The Morgan fingerprint density at radius 2 is 1.79 bits per heavy atom. The summed E-state index contributed by atoms with van der Waals surface area (Å²) in [5.74, 6) is 0.126. The fourth-order valence-corrected chi connectivity index (χ4v) is 2.78. The summed E-state index contributed by atoms with van der Waals surface area (Å²) in [5, 5.41) is 0. The summed E-state index contributed by atoms with van der Waals surface area (Å²) in [6, 6.07) is 6.27. The number of ether oxygens (including phenoxy) is 2. The number of carbonyl (C=O) groups excluding carboxylic acids is 1. The van der Waals surface area contributed by atoms with E-state index in [2.05, 4.69) is 6.58 Å². The van der Waals surface area contributed by atoms with Gasteiger partial charge in [0.1, 0.15) is 6.10 Å². The Kier molecular flexibility index (Phi) is 6.51. The second kappa shape index (κ2) is 7.77. The number of rotatable bonds is 8. The average Bonchev–Trinajstić information content (AvgIpc) is 2.53. The molecule has 0 aliphatic heterocycles. The van der Waals surface area contributed by atoms with Gasteiger partial charge in [-0.2, -0.15) is 0 Å². The Bertz CT molecular complexity index is 727. The van der Waals surface area contributed by atoms with Gasteiger partial charge in [-0.15, -0.1) is 0 Å². The quantitative estimate of drug-likeness (QED) is 0.311. The summed E-state index contributed by atoms with van der Waals surface area (Å²) in [6.45, 7) is 9.01. The Labute approximate surface area is 143 Å². The van der Waals surface area contributed by atoms with Crippen LogP contribution in [0.3, 0.4) is 0 Å². The molecule has 0 aromatic heterocycles. The summed E-state index contributed by atoms with van der Waals surface area (Å²) in [6.07, 6.45) is 2.99. The molecule has 132 valence electrons. The van der Waals surface area contributed by atoms with Gasteiger partial charge in [0.15, 0.2) is 21.9 Å². The van der Waals surface area contributed by atoms with Crippen LogP contribution in [0.1, 0.15) is 26.3 Å². The summed E-state index contributed by atoms with van der Waals surface area (Å²) in [4.78, 5) is 11.8. The third kappa shape index (κ3) is 4.79. The number of methoxy groups -OCH3 is 1. The molecule has 1 aromatic rings. The van der Waals surface area contributed by atoms with E-state index in [4.69, 9.17) is 9.47 Å². The minimum absolute atomic E-state index is 0.126. The van der Waals surface area contributed by atoms with Crippen LogP contribution in [-0.2, 0) is 24.1 Å². The van der Waals surface area contributed by atoms with E-state index in [9.17, 15) is 13.2 Å². The zero-order valence-electron chi connectivity index (χ0n) is 14.7. The number of hydrogen-bond donors (Lipinski definition) is 0. The number of sulfone groups is 1. The van der Waals surface area contributed by atoms with Crippen molar-refractivity contribution in [1.29, 1.82) is 0 Å². The number of aldehydes is 1. The molecule has 1 rings (SSSR count). The van der Waals surface area contributed by atoms with E-state index in [-0.39, 0.29) is 16.8 Å². The van der Waals surface area contributed by atoms with Crippen molar-refractivity contribution in [2.45, 2.75) is 37.4 Å². The molecule has 0 bridgehead atoms. The first kappa shape index (κ1) is 20.1. The summed E-state index contributed by atoms with van der Waals surface area (Å²) in [7, 11) is -1.76. The van der Waals surface area contributed by atoms with Crippen LogP contribution in [0.5, 0.6) is 0 Å². The van der Waals surface area contributed by atoms with Gasteiger partial charge >= 0.3 is 0 Å². The van der Waals surface area contributed by atoms with Crippen LogP contribution < -0.4 is 0 Å².